The van der Waals surface area contributed by atoms with Crippen LogP contribution in [0.15, 0.2) is 29.5 Å². The molecule has 27 heavy (non-hydrogen) atoms. The summed E-state index contributed by atoms with van der Waals surface area (Å²) in [6, 6.07) is 0.476. The number of aromatic nitrogens is 2. The van der Waals surface area contributed by atoms with Crippen molar-refractivity contribution in [3.05, 3.63) is 30.4 Å². The fraction of sp³-hybridized carbons (Fsp3) is 0.700. The Hall–Kier alpha value is -1.09. The van der Waals surface area contributed by atoms with Gasteiger partial charge in [-0.15, -0.1) is 24.0 Å². The van der Waals surface area contributed by atoms with Gasteiger partial charge in [-0.05, 0) is 32.6 Å². The lowest BCUT2D eigenvalue weighted by Gasteiger charge is -2.33. The zero-order chi connectivity index (χ0) is 18.9. The van der Waals surface area contributed by atoms with E-state index in [1.165, 1.54) is 5.57 Å². The first-order valence-electron chi connectivity index (χ1n) is 9.89. The molecule has 2 heterocycles. The van der Waals surface area contributed by atoms with Gasteiger partial charge >= 0.3 is 0 Å². The minimum absolute atomic E-state index is 0. The molecule has 154 valence electrons. The number of imidazole rings is 1. The number of piperidine rings is 1. The number of hydrogen-bond acceptors (Lipinski definition) is 3. The molecule has 0 aliphatic carbocycles. The molecule has 2 N–H and O–H groups in total. The van der Waals surface area contributed by atoms with Gasteiger partial charge in [0.15, 0.2) is 5.96 Å². The Balaban J connectivity index is 0.00000364. The summed E-state index contributed by atoms with van der Waals surface area (Å²) in [5, 5.41) is 6.98. The summed E-state index contributed by atoms with van der Waals surface area (Å²) in [7, 11) is 0. The number of halogens is 1. The van der Waals surface area contributed by atoms with Crippen LogP contribution in [0.1, 0.15) is 46.4 Å². The van der Waals surface area contributed by atoms with E-state index < -0.39 is 0 Å². The molecule has 0 aromatic carbocycles. The number of likely N-dealkylation sites (tertiary alicyclic amines) is 1. The van der Waals surface area contributed by atoms with Crippen molar-refractivity contribution in [3.63, 3.8) is 0 Å². The highest BCUT2D eigenvalue weighted by Crippen LogP contribution is 2.11. The van der Waals surface area contributed by atoms with Crippen molar-refractivity contribution < 1.29 is 0 Å². The van der Waals surface area contributed by atoms with Crippen LogP contribution in [0.2, 0.25) is 0 Å². The monoisotopic (exact) mass is 488 g/mol. The van der Waals surface area contributed by atoms with E-state index in [-0.39, 0.29) is 24.0 Å². The van der Waals surface area contributed by atoms with Crippen LogP contribution in [0.25, 0.3) is 0 Å². The average molecular weight is 488 g/mol. The lowest BCUT2D eigenvalue weighted by molar-refractivity contribution is 0.221. The minimum Gasteiger partial charge on any atom is -0.357 e. The molecular formula is C20H37IN6. The summed E-state index contributed by atoms with van der Waals surface area (Å²) in [4.78, 5) is 11.7. The molecule has 0 saturated carbocycles. The largest absolute Gasteiger partial charge is 0.357 e. The summed E-state index contributed by atoms with van der Waals surface area (Å²) < 4.78 is 2.20. The first-order chi connectivity index (χ1) is 12.5. The van der Waals surface area contributed by atoms with Crippen LogP contribution in [0.4, 0.5) is 0 Å². The molecule has 0 radical (unpaired) electrons. The SMILES string of the molecule is C=C(C)CN1CCC(NC(=NCc2nccn2CC(C)C)NCC)CC1.I. The molecule has 0 amide bonds. The number of aliphatic imine (C=N–C) groups is 1. The van der Waals surface area contributed by atoms with E-state index in [2.05, 4.69) is 59.4 Å². The van der Waals surface area contributed by atoms with Crippen molar-refractivity contribution in [2.24, 2.45) is 10.9 Å². The van der Waals surface area contributed by atoms with E-state index in [4.69, 9.17) is 4.99 Å². The molecule has 0 bridgehead atoms. The van der Waals surface area contributed by atoms with Crippen LogP contribution >= 0.6 is 24.0 Å². The highest BCUT2D eigenvalue weighted by Gasteiger charge is 2.19. The third-order valence-electron chi connectivity index (χ3n) is 4.51. The highest BCUT2D eigenvalue weighted by atomic mass is 127. The van der Waals surface area contributed by atoms with Gasteiger partial charge in [0, 0.05) is 51.2 Å². The average Bonchev–Trinajstić information content (AvgIpc) is 3.00. The molecule has 2 rings (SSSR count). The maximum absolute atomic E-state index is 4.77. The standard InChI is InChI=1S/C20H36N6.HI/c1-6-21-20(23-13-19-22-9-12-26(19)15-17(4)5)24-18-7-10-25(11-8-18)14-16(2)3;/h9,12,17-18H,2,6-8,10-11,13-15H2,1,3-5H3,(H2,21,23,24);1H. The summed E-state index contributed by atoms with van der Waals surface area (Å²) in [6.45, 7) is 18.4. The van der Waals surface area contributed by atoms with Crippen molar-refractivity contribution in [1.82, 2.24) is 25.1 Å². The first-order valence-corrected chi connectivity index (χ1v) is 9.89. The highest BCUT2D eigenvalue weighted by molar-refractivity contribution is 14.0. The molecule has 1 aromatic heterocycles. The second kappa shape index (κ2) is 12.4. The zero-order valence-electron chi connectivity index (χ0n) is 17.4. The Morgan fingerprint density at radius 2 is 2.07 bits per heavy atom. The van der Waals surface area contributed by atoms with E-state index in [9.17, 15) is 0 Å². The van der Waals surface area contributed by atoms with E-state index in [1.54, 1.807) is 0 Å². The van der Waals surface area contributed by atoms with Gasteiger partial charge in [-0.25, -0.2) is 9.98 Å². The van der Waals surface area contributed by atoms with Gasteiger partial charge in [0.05, 0.1) is 0 Å². The minimum atomic E-state index is 0. The van der Waals surface area contributed by atoms with Crippen LogP contribution in [-0.2, 0) is 13.1 Å². The van der Waals surface area contributed by atoms with Crippen LogP contribution in [-0.4, -0.2) is 52.6 Å². The second-order valence-electron chi connectivity index (χ2n) is 7.74. The topological polar surface area (TPSA) is 57.5 Å². The molecule has 1 saturated heterocycles. The molecule has 7 heteroatoms. The molecule has 0 atom stereocenters. The van der Waals surface area contributed by atoms with Gasteiger partial charge in [-0.2, -0.15) is 0 Å². The molecule has 6 nitrogen and oxygen atoms in total. The summed E-state index contributed by atoms with van der Waals surface area (Å²) in [5.74, 6) is 2.51. The fourth-order valence-electron chi connectivity index (χ4n) is 3.33. The number of rotatable bonds is 8. The van der Waals surface area contributed by atoms with E-state index >= 15 is 0 Å². The molecule has 0 unspecified atom stereocenters. The fourth-order valence-corrected chi connectivity index (χ4v) is 3.33. The van der Waals surface area contributed by atoms with E-state index in [0.29, 0.717) is 18.5 Å². The Morgan fingerprint density at radius 1 is 1.37 bits per heavy atom. The molecule has 1 aromatic rings. The quantitative estimate of drug-likeness (QED) is 0.255. The first kappa shape index (κ1) is 23.9. The maximum atomic E-state index is 4.77. The van der Waals surface area contributed by atoms with Crippen molar-refractivity contribution in [1.29, 1.82) is 0 Å². The lowest BCUT2D eigenvalue weighted by atomic mass is 10.0. The number of hydrogen-bond donors (Lipinski definition) is 2. The number of nitrogens with one attached hydrogen (secondary N) is 2. The summed E-state index contributed by atoms with van der Waals surface area (Å²) in [6.07, 6.45) is 6.19. The second-order valence-corrected chi connectivity index (χ2v) is 7.74. The number of guanidine groups is 1. The lowest BCUT2D eigenvalue weighted by Crippen LogP contribution is -2.48. The maximum Gasteiger partial charge on any atom is 0.191 e. The van der Waals surface area contributed by atoms with E-state index in [1.807, 2.05) is 12.4 Å². The molecule has 0 spiro atoms. The van der Waals surface area contributed by atoms with Gasteiger partial charge in [0.2, 0.25) is 0 Å². The predicted molar refractivity (Wildman–Crippen MR) is 125 cm³/mol. The molecule has 1 aliphatic heterocycles. The summed E-state index contributed by atoms with van der Waals surface area (Å²) in [5.41, 5.74) is 1.24. The Morgan fingerprint density at radius 3 is 2.67 bits per heavy atom. The van der Waals surface area contributed by atoms with Gasteiger partial charge in [0.1, 0.15) is 12.4 Å². The number of nitrogens with zero attached hydrogens (tertiary/aromatic N) is 4. The Bertz CT molecular complexity index is 587. The smallest absolute Gasteiger partial charge is 0.191 e. The molecular weight excluding hydrogens is 451 g/mol. The summed E-state index contributed by atoms with van der Waals surface area (Å²) >= 11 is 0. The third kappa shape index (κ3) is 8.64. The Kier molecular flexibility index (Phi) is 11.0. The van der Waals surface area contributed by atoms with Crippen molar-refractivity contribution in [2.45, 2.75) is 59.7 Å². The van der Waals surface area contributed by atoms with Crippen LogP contribution in [0, 0.1) is 5.92 Å². The predicted octanol–water partition coefficient (Wildman–Crippen LogP) is 3.25. The van der Waals surface area contributed by atoms with Crippen LogP contribution in [0.5, 0.6) is 0 Å². The normalized spacial score (nSPS) is 16.3. The van der Waals surface area contributed by atoms with Gasteiger partial charge < -0.3 is 15.2 Å². The van der Waals surface area contributed by atoms with Gasteiger partial charge in [-0.1, -0.05) is 26.0 Å². The third-order valence-corrected chi connectivity index (χ3v) is 4.51. The molecule has 1 fully saturated rings. The molecule has 1 aliphatic rings. The van der Waals surface area contributed by atoms with E-state index in [0.717, 1.165) is 57.3 Å². The van der Waals surface area contributed by atoms with Crippen LogP contribution < -0.4 is 10.6 Å². The van der Waals surface area contributed by atoms with Gasteiger partial charge in [0.25, 0.3) is 0 Å². The van der Waals surface area contributed by atoms with Crippen molar-refractivity contribution in [3.8, 4) is 0 Å². The van der Waals surface area contributed by atoms with Crippen LogP contribution in [0.3, 0.4) is 0 Å². The Labute approximate surface area is 181 Å². The van der Waals surface area contributed by atoms with Crippen molar-refractivity contribution in [2.75, 3.05) is 26.2 Å². The van der Waals surface area contributed by atoms with Gasteiger partial charge in [-0.3, -0.25) is 4.90 Å². The zero-order valence-corrected chi connectivity index (χ0v) is 19.7. The van der Waals surface area contributed by atoms with Crippen molar-refractivity contribution >= 4 is 29.9 Å².